The number of hydrogen-bond donors (Lipinski definition) is 1. The van der Waals surface area contributed by atoms with E-state index in [4.69, 9.17) is 10.4 Å². The highest BCUT2D eigenvalue weighted by atomic mass is 32.2. The third-order valence-corrected chi connectivity index (χ3v) is 3.30. The number of unbranched alkanes of at least 4 members (excludes halogenated alkanes) is 1. The van der Waals surface area contributed by atoms with Gasteiger partial charge in [0, 0.05) is 28.2 Å². The molecular formula is C8H13NO3S. The first-order chi connectivity index (χ1) is 6.07. The molecule has 0 aliphatic carbocycles. The van der Waals surface area contributed by atoms with Gasteiger partial charge in [0.15, 0.2) is 0 Å². The fraction of sp³-hybridized carbons (Fsp3) is 0.750. The zero-order valence-corrected chi connectivity index (χ0v) is 8.34. The second kappa shape index (κ2) is 6.61. The zero-order valence-electron chi connectivity index (χ0n) is 7.52. The molecule has 0 amide bonds. The van der Waals surface area contributed by atoms with Crippen LogP contribution in [0.25, 0.3) is 0 Å². The number of carboxylic acids is 1. The Morgan fingerprint density at radius 3 is 2.77 bits per heavy atom. The Balaban J connectivity index is 3.71. The van der Waals surface area contributed by atoms with Gasteiger partial charge in [-0.15, -0.1) is 0 Å². The lowest BCUT2D eigenvalue weighted by Crippen LogP contribution is -2.17. The van der Waals surface area contributed by atoms with Crippen molar-refractivity contribution in [3.8, 4) is 6.07 Å². The molecule has 0 aromatic carbocycles. The summed E-state index contributed by atoms with van der Waals surface area (Å²) in [6.07, 6.45) is 0.887. The van der Waals surface area contributed by atoms with E-state index in [1.807, 2.05) is 6.07 Å². The Labute approximate surface area is 80.0 Å². The first kappa shape index (κ1) is 12.1. The van der Waals surface area contributed by atoms with Crippen LogP contribution in [-0.4, -0.2) is 26.3 Å². The lowest BCUT2D eigenvalue weighted by atomic mass is 10.3. The molecule has 0 aromatic rings. The van der Waals surface area contributed by atoms with Gasteiger partial charge in [0.2, 0.25) is 0 Å². The molecule has 0 rings (SSSR count). The molecule has 2 atom stereocenters. The minimum atomic E-state index is -1.12. The first-order valence-electron chi connectivity index (χ1n) is 4.04. The minimum Gasteiger partial charge on any atom is -0.481 e. The van der Waals surface area contributed by atoms with Gasteiger partial charge in [-0.1, -0.05) is 6.92 Å². The van der Waals surface area contributed by atoms with Gasteiger partial charge < -0.3 is 5.11 Å². The third kappa shape index (κ3) is 6.29. The predicted octanol–water partition coefficient (Wildman–Crippen LogP) is 0.902. The summed E-state index contributed by atoms with van der Waals surface area (Å²) in [4.78, 5) is 10.3. The molecule has 0 saturated heterocycles. The molecule has 74 valence electrons. The van der Waals surface area contributed by atoms with Crippen molar-refractivity contribution in [1.29, 1.82) is 5.26 Å². The number of nitrogens with zero attached hydrogens (tertiary/aromatic N) is 1. The molecule has 5 heteroatoms. The second-order valence-corrected chi connectivity index (χ2v) is 4.73. The van der Waals surface area contributed by atoms with Gasteiger partial charge in [0.05, 0.1) is 12.5 Å². The standard InChI is InChI=1S/C8H13NO3S/c1-7(6-8(10)11)13(12)5-3-2-4-9/h7H,2-3,5-6H2,1H3,(H,10,11). The van der Waals surface area contributed by atoms with E-state index in [-0.39, 0.29) is 11.7 Å². The zero-order chi connectivity index (χ0) is 10.3. The van der Waals surface area contributed by atoms with Crippen LogP contribution in [0.1, 0.15) is 26.2 Å². The van der Waals surface area contributed by atoms with Crippen LogP contribution in [0, 0.1) is 11.3 Å². The van der Waals surface area contributed by atoms with Crippen molar-refractivity contribution in [3.63, 3.8) is 0 Å². The molecule has 0 bridgehead atoms. The number of hydrogen-bond acceptors (Lipinski definition) is 3. The van der Waals surface area contributed by atoms with Crippen molar-refractivity contribution < 1.29 is 14.1 Å². The van der Waals surface area contributed by atoms with Crippen molar-refractivity contribution >= 4 is 16.8 Å². The Bertz CT molecular complexity index is 234. The normalized spacial score (nSPS) is 14.5. The SMILES string of the molecule is CC(CC(=O)O)S(=O)CCCC#N. The summed E-state index contributed by atoms with van der Waals surface area (Å²) < 4.78 is 11.3. The fourth-order valence-electron chi connectivity index (χ4n) is 0.834. The third-order valence-electron chi connectivity index (χ3n) is 1.54. The minimum absolute atomic E-state index is 0.0703. The van der Waals surface area contributed by atoms with Crippen LogP contribution in [-0.2, 0) is 15.6 Å². The smallest absolute Gasteiger partial charge is 0.304 e. The van der Waals surface area contributed by atoms with Crippen molar-refractivity contribution in [1.82, 2.24) is 0 Å². The largest absolute Gasteiger partial charge is 0.481 e. The van der Waals surface area contributed by atoms with Crippen LogP contribution in [0.3, 0.4) is 0 Å². The Kier molecular flexibility index (Phi) is 6.15. The highest BCUT2D eigenvalue weighted by molar-refractivity contribution is 7.85. The van der Waals surface area contributed by atoms with Gasteiger partial charge in [0.1, 0.15) is 0 Å². The summed E-state index contributed by atoms with van der Waals surface area (Å²) in [7, 11) is -1.12. The first-order valence-corrected chi connectivity index (χ1v) is 5.42. The Hall–Kier alpha value is -0.890. The second-order valence-electron chi connectivity index (χ2n) is 2.76. The Morgan fingerprint density at radius 1 is 1.69 bits per heavy atom. The van der Waals surface area contributed by atoms with E-state index < -0.39 is 16.8 Å². The van der Waals surface area contributed by atoms with E-state index in [1.54, 1.807) is 6.92 Å². The van der Waals surface area contributed by atoms with Crippen LogP contribution in [0.5, 0.6) is 0 Å². The molecule has 13 heavy (non-hydrogen) atoms. The lowest BCUT2D eigenvalue weighted by molar-refractivity contribution is -0.136. The maximum atomic E-state index is 11.3. The number of carbonyl (C=O) groups is 1. The molecule has 0 aromatic heterocycles. The highest BCUT2D eigenvalue weighted by Gasteiger charge is 2.13. The van der Waals surface area contributed by atoms with Crippen molar-refractivity contribution in [2.75, 3.05) is 5.75 Å². The highest BCUT2D eigenvalue weighted by Crippen LogP contribution is 2.04. The van der Waals surface area contributed by atoms with E-state index >= 15 is 0 Å². The molecule has 0 heterocycles. The number of carboxylic acid groups (broad SMARTS) is 1. The summed E-state index contributed by atoms with van der Waals surface area (Å²) in [5.41, 5.74) is 0. The van der Waals surface area contributed by atoms with Crippen LogP contribution >= 0.6 is 0 Å². The lowest BCUT2D eigenvalue weighted by Gasteiger charge is -2.06. The number of rotatable bonds is 6. The monoisotopic (exact) mass is 203 g/mol. The van der Waals surface area contributed by atoms with Gasteiger partial charge in [-0.05, 0) is 6.42 Å². The van der Waals surface area contributed by atoms with Gasteiger partial charge in [-0.2, -0.15) is 5.26 Å². The topological polar surface area (TPSA) is 78.2 Å². The van der Waals surface area contributed by atoms with Crippen LogP contribution in [0.4, 0.5) is 0 Å². The quantitative estimate of drug-likeness (QED) is 0.650. The van der Waals surface area contributed by atoms with Crippen molar-refractivity contribution in [2.24, 2.45) is 0 Å². The molecule has 0 aliphatic rings. The van der Waals surface area contributed by atoms with E-state index in [1.165, 1.54) is 0 Å². The Morgan fingerprint density at radius 2 is 2.31 bits per heavy atom. The molecule has 0 radical (unpaired) electrons. The molecular weight excluding hydrogens is 190 g/mol. The molecule has 0 aliphatic heterocycles. The van der Waals surface area contributed by atoms with Crippen LogP contribution in [0.15, 0.2) is 0 Å². The summed E-state index contributed by atoms with van der Waals surface area (Å²) >= 11 is 0. The van der Waals surface area contributed by atoms with Crippen molar-refractivity contribution in [2.45, 2.75) is 31.4 Å². The van der Waals surface area contributed by atoms with E-state index in [9.17, 15) is 9.00 Å². The van der Waals surface area contributed by atoms with E-state index in [0.29, 0.717) is 18.6 Å². The fourth-order valence-corrected chi connectivity index (χ4v) is 1.99. The average molecular weight is 203 g/mol. The molecule has 2 unspecified atom stereocenters. The van der Waals surface area contributed by atoms with Crippen molar-refractivity contribution in [3.05, 3.63) is 0 Å². The van der Waals surface area contributed by atoms with Crippen LogP contribution in [0.2, 0.25) is 0 Å². The van der Waals surface area contributed by atoms with Crippen LogP contribution < -0.4 is 0 Å². The van der Waals surface area contributed by atoms with Gasteiger partial charge in [-0.25, -0.2) is 0 Å². The summed E-state index contributed by atoms with van der Waals surface area (Å²) in [5.74, 6) is -0.511. The maximum absolute atomic E-state index is 11.3. The summed E-state index contributed by atoms with van der Waals surface area (Å²) in [5, 5.41) is 16.3. The van der Waals surface area contributed by atoms with Gasteiger partial charge >= 0.3 is 5.97 Å². The molecule has 4 nitrogen and oxygen atoms in total. The molecule has 0 spiro atoms. The summed E-state index contributed by atoms with van der Waals surface area (Å²) in [6.45, 7) is 1.65. The van der Waals surface area contributed by atoms with Gasteiger partial charge in [0.25, 0.3) is 0 Å². The average Bonchev–Trinajstić information content (AvgIpc) is 2.03. The van der Waals surface area contributed by atoms with E-state index in [0.717, 1.165) is 0 Å². The molecule has 0 saturated carbocycles. The number of nitriles is 1. The molecule has 0 fully saturated rings. The molecule has 1 N–H and O–H groups in total. The number of aliphatic carboxylic acids is 1. The van der Waals surface area contributed by atoms with Gasteiger partial charge in [-0.3, -0.25) is 9.00 Å². The van der Waals surface area contributed by atoms with E-state index in [2.05, 4.69) is 0 Å². The predicted molar refractivity (Wildman–Crippen MR) is 49.6 cm³/mol. The maximum Gasteiger partial charge on any atom is 0.304 e. The summed E-state index contributed by atoms with van der Waals surface area (Å²) in [6, 6.07) is 1.95.